The van der Waals surface area contributed by atoms with Crippen LogP contribution in [-0.4, -0.2) is 47.7 Å². The maximum Gasteiger partial charge on any atom is 0.254 e. The van der Waals surface area contributed by atoms with Gasteiger partial charge in [0.1, 0.15) is 5.60 Å². The number of hydrogen-bond acceptors (Lipinski definition) is 4. The molecule has 2 aromatic rings. The molecule has 2 saturated heterocycles. The Morgan fingerprint density at radius 2 is 2.04 bits per heavy atom. The first kappa shape index (κ1) is 18.1. The molecule has 0 aliphatic carbocycles. The molecule has 2 aliphatic heterocycles. The first-order chi connectivity index (χ1) is 13.2. The molecule has 5 heteroatoms. The predicted octanol–water partition coefficient (Wildman–Crippen LogP) is 3.23. The summed E-state index contributed by atoms with van der Waals surface area (Å²) in [5.41, 5.74) is 2.79. The van der Waals surface area contributed by atoms with E-state index in [1.807, 2.05) is 48.2 Å². The average Bonchev–Trinajstić information content (AvgIpc) is 3.09. The summed E-state index contributed by atoms with van der Waals surface area (Å²) >= 11 is 0. The van der Waals surface area contributed by atoms with E-state index in [9.17, 15) is 4.79 Å². The molecule has 27 heavy (non-hydrogen) atoms. The van der Waals surface area contributed by atoms with Gasteiger partial charge in [0.05, 0.1) is 19.7 Å². The second-order valence-corrected chi connectivity index (χ2v) is 7.57. The van der Waals surface area contributed by atoms with Gasteiger partial charge in [0.2, 0.25) is 0 Å². The molecule has 0 N–H and O–H groups in total. The van der Waals surface area contributed by atoms with Crippen LogP contribution in [0.1, 0.15) is 34.3 Å². The van der Waals surface area contributed by atoms with Gasteiger partial charge in [-0.15, -0.1) is 0 Å². The molecule has 1 aromatic heterocycles. The van der Waals surface area contributed by atoms with Crippen LogP contribution in [-0.2, 0) is 16.1 Å². The van der Waals surface area contributed by atoms with Crippen molar-refractivity contribution in [2.45, 2.75) is 32.0 Å². The van der Waals surface area contributed by atoms with Crippen LogP contribution in [0, 0.1) is 12.8 Å². The molecule has 3 heterocycles. The van der Waals surface area contributed by atoms with Crippen LogP contribution in [0.5, 0.6) is 0 Å². The summed E-state index contributed by atoms with van der Waals surface area (Å²) in [6.45, 7) is 5.47. The fourth-order valence-electron chi connectivity index (χ4n) is 4.16. The molecule has 1 amide bonds. The van der Waals surface area contributed by atoms with Crippen molar-refractivity contribution in [3.63, 3.8) is 0 Å². The molecule has 0 saturated carbocycles. The van der Waals surface area contributed by atoms with Crippen molar-refractivity contribution in [3.8, 4) is 0 Å². The Morgan fingerprint density at radius 1 is 1.26 bits per heavy atom. The number of aryl methyl sites for hydroxylation is 1. The molecular weight excluding hydrogens is 340 g/mol. The molecule has 0 radical (unpaired) electrons. The van der Waals surface area contributed by atoms with E-state index in [0.717, 1.165) is 36.1 Å². The Labute approximate surface area is 160 Å². The quantitative estimate of drug-likeness (QED) is 0.737. The summed E-state index contributed by atoms with van der Waals surface area (Å²) in [7, 11) is 0. The molecule has 1 atom stereocenters. The zero-order valence-electron chi connectivity index (χ0n) is 15.8. The molecule has 0 bridgehead atoms. The van der Waals surface area contributed by atoms with Crippen molar-refractivity contribution in [3.05, 3.63) is 65.5 Å². The number of carbonyl (C=O) groups is 1. The lowest BCUT2D eigenvalue weighted by Crippen LogP contribution is -2.66. The monoisotopic (exact) mass is 366 g/mol. The summed E-state index contributed by atoms with van der Waals surface area (Å²) in [6, 6.07) is 11.7. The minimum Gasteiger partial charge on any atom is -0.377 e. The molecule has 2 fully saturated rings. The van der Waals surface area contributed by atoms with Crippen LogP contribution >= 0.6 is 0 Å². The van der Waals surface area contributed by atoms with E-state index in [0.29, 0.717) is 32.2 Å². The minimum atomic E-state index is -0.168. The Morgan fingerprint density at radius 3 is 2.81 bits per heavy atom. The number of nitrogens with zero attached hydrogens (tertiary/aromatic N) is 2. The van der Waals surface area contributed by atoms with Crippen LogP contribution in [0.25, 0.3) is 0 Å². The van der Waals surface area contributed by atoms with Gasteiger partial charge in [-0.1, -0.05) is 18.2 Å². The maximum atomic E-state index is 12.8. The largest absolute Gasteiger partial charge is 0.377 e. The van der Waals surface area contributed by atoms with E-state index < -0.39 is 0 Å². The zero-order chi connectivity index (χ0) is 18.7. The first-order valence-electron chi connectivity index (χ1n) is 9.63. The Bertz CT molecular complexity index is 787. The topological polar surface area (TPSA) is 51.7 Å². The van der Waals surface area contributed by atoms with Gasteiger partial charge < -0.3 is 14.4 Å². The number of aromatic nitrogens is 1. The van der Waals surface area contributed by atoms with Crippen LogP contribution in [0.3, 0.4) is 0 Å². The lowest BCUT2D eigenvalue weighted by molar-refractivity contribution is -0.120. The summed E-state index contributed by atoms with van der Waals surface area (Å²) < 4.78 is 11.9. The average molecular weight is 366 g/mol. The fraction of sp³-hybridized carbons (Fsp3) is 0.455. The van der Waals surface area contributed by atoms with Gasteiger partial charge >= 0.3 is 0 Å². The third-order valence-corrected chi connectivity index (χ3v) is 5.81. The Kier molecular flexibility index (Phi) is 5.23. The first-order valence-corrected chi connectivity index (χ1v) is 9.63. The van der Waals surface area contributed by atoms with Gasteiger partial charge in [-0.25, -0.2) is 0 Å². The van der Waals surface area contributed by atoms with E-state index in [-0.39, 0.29) is 11.5 Å². The van der Waals surface area contributed by atoms with E-state index in [2.05, 4.69) is 4.98 Å². The van der Waals surface area contributed by atoms with Gasteiger partial charge in [-0.3, -0.25) is 9.78 Å². The maximum absolute atomic E-state index is 12.8. The number of benzene rings is 1. The number of likely N-dealkylation sites (tertiary alicyclic amines) is 1. The van der Waals surface area contributed by atoms with Gasteiger partial charge in [0.15, 0.2) is 0 Å². The number of amides is 1. The smallest absolute Gasteiger partial charge is 0.254 e. The zero-order valence-corrected chi connectivity index (χ0v) is 15.8. The standard InChI is InChI=1S/C22H26N2O3/c1-17-4-2-3-5-20(17)21(25)24-15-22(16-24)19(9-13-27-22)8-12-26-14-18-6-10-23-11-7-18/h2-7,10-11,19H,8-9,12-16H2,1H3. The highest BCUT2D eigenvalue weighted by Crippen LogP contribution is 2.42. The SMILES string of the molecule is Cc1ccccc1C(=O)N1CC2(C1)OCCC2CCOCc1ccncc1. The van der Waals surface area contributed by atoms with Crippen molar-refractivity contribution < 1.29 is 14.3 Å². The molecular formula is C22H26N2O3. The lowest BCUT2D eigenvalue weighted by atomic mass is 9.78. The second-order valence-electron chi connectivity index (χ2n) is 7.57. The Balaban J connectivity index is 1.28. The van der Waals surface area contributed by atoms with Gasteiger partial charge in [-0.2, -0.15) is 0 Å². The molecule has 1 aromatic carbocycles. The van der Waals surface area contributed by atoms with E-state index in [4.69, 9.17) is 9.47 Å². The summed E-state index contributed by atoms with van der Waals surface area (Å²) in [4.78, 5) is 18.7. The highest BCUT2D eigenvalue weighted by atomic mass is 16.5. The summed E-state index contributed by atoms with van der Waals surface area (Å²) in [5.74, 6) is 0.567. The minimum absolute atomic E-state index is 0.113. The predicted molar refractivity (Wildman–Crippen MR) is 102 cm³/mol. The van der Waals surface area contributed by atoms with E-state index >= 15 is 0 Å². The van der Waals surface area contributed by atoms with Crippen LogP contribution < -0.4 is 0 Å². The van der Waals surface area contributed by atoms with Crippen molar-refractivity contribution in [1.82, 2.24) is 9.88 Å². The van der Waals surface area contributed by atoms with Crippen molar-refractivity contribution in [2.24, 2.45) is 5.92 Å². The number of carbonyl (C=O) groups excluding carboxylic acids is 1. The normalized spacial score (nSPS) is 20.6. The molecule has 142 valence electrons. The highest BCUT2D eigenvalue weighted by Gasteiger charge is 2.54. The van der Waals surface area contributed by atoms with Crippen molar-refractivity contribution in [1.29, 1.82) is 0 Å². The summed E-state index contributed by atoms with van der Waals surface area (Å²) in [6.07, 6.45) is 5.59. The van der Waals surface area contributed by atoms with Gasteiger partial charge in [0.25, 0.3) is 5.91 Å². The number of rotatable bonds is 6. The van der Waals surface area contributed by atoms with Crippen molar-refractivity contribution in [2.75, 3.05) is 26.3 Å². The summed E-state index contributed by atoms with van der Waals surface area (Å²) in [5, 5.41) is 0. The lowest BCUT2D eigenvalue weighted by Gasteiger charge is -2.50. The Hall–Kier alpha value is -2.24. The molecule has 1 spiro atoms. The van der Waals surface area contributed by atoms with Gasteiger partial charge in [0, 0.05) is 31.2 Å². The number of ether oxygens (including phenoxy) is 2. The van der Waals surface area contributed by atoms with Crippen LogP contribution in [0.2, 0.25) is 0 Å². The van der Waals surface area contributed by atoms with E-state index in [1.165, 1.54) is 0 Å². The third-order valence-electron chi connectivity index (χ3n) is 5.81. The third kappa shape index (κ3) is 3.75. The molecule has 2 aliphatic rings. The molecule has 1 unspecified atom stereocenters. The second kappa shape index (κ2) is 7.79. The fourth-order valence-corrected chi connectivity index (χ4v) is 4.16. The van der Waals surface area contributed by atoms with Crippen LogP contribution in [0.4, 0.5) is 0 Å². The van der Waals surface area contributed by atoms with Gasteiger partial charge in [-0.05, 0) is 55.0 Å². The van der Waals surface area contributed by atoms with Crippen LogP contribution in [0.15, 0.2) is 48.8 Å². The highest BCUT2D eigenvalue weighted by molar-refractivity contribution is 5.96. The van der Waals surface area contributed by atoms with E-state index in [1.54, 1.807) is 12.4 Å². The number of hydrogen-bond donors (Lipinski definition) is 0. The van der Waals surface area contributed by atoms with Crippen molar-refractivity contribution >= 4 is 5.91 Å². The molecule has 5 nitrogen and oxygen atoms in total. The number of pyridine rings is 1. The molecule has 4 rings (SSSR count).